The molecule has 1 unspecified atom stereocenters. The van der Waals surface area contributed by atoms with Gasteiger partial charge in [-0.05, 0) is 44.9 Å². The number of rotatable bonds is 4. The third-order valence-corrected chi connectivity index (χ3v) is 4.05. The van der Waals surface area contributed by atoms with Gasteiger partial charge in [0, 0.05) is 5.57 Å². The molecule has 0 N–H and O–H groups in total. The Balaban J connectivity index is 2.58. The molecule has 2 nitrogen and oxygen atoms in total. The molecule has 0 radical (unpaired) electrons. The third kappa shape index (κ3) is 3.21. The molecule has 0 saturated carbocycles. The van der Waals surface area contributed by atoms with Crippen molar-refractivity contribution in [2.45, 2.75) is 47.5 Å². The lowest BCUT2D eigenvalue weighted by Gasteiger charge is -2.29. The summed E-state index contributed by atoms with van der Waals surface area (Å²) < 4.78 is 4.97. The van der Waals surface area contributed by atoms with Gasteiger partial charge in [-0.15, -0.1) is 0 Å². The zero-order chi connectivity index (χ0) is 13.1. The first-order chi connectivity index (χ1) is 7.89. The molecule has 2 heteroatoms. The van der Waals surface area contributed by atoms with E-state index in [1.54, 1.807) is 0 Å². The molecule has 0 bridgehead atoms. The van der Waals surface area contributed by atoms with Gasteiger partial charge in [-0.25, -0.2) is 4.79 Å². The molecular weight excluding hydrogens is 212 g/mol. The number of hydrogen-bond acceptors (Lipinski definition) is 2. The molecule has 0 aliphatic heterocycles. The van der Waals surface area contributed by atoms with E-state index in [-0.39, 0.29) is 11.4 Å². The number of esters is 1. The molecular formula is C15H24O2. The number of allylic oxidation sites excluding steroid dienone is 3. The van der Waals surface area contributed by atoms with Gasteiger partial charge in [0.15, 0.2) is 0 Å². The lowest BCUT2D eigenvalue weighted by Crippen LogP contribution is -2.20. The Morgan fingerprint density at radius 1 is 1.59 bits per heavy atom. The van der Waals surface area contributed by atoms with Crippen LogP contribution in [0.5, 0.6) is 0 Å². The van der Waals surface area contributed by atoms with Crippen LogP contribution in [0, 0.1) is 11.3 Å². The average molecular weight is 236 g/mol. The summed E-state index contributed by atoms with van der Waals surface area (Å²) in [6.07, 6.45) is 6.41. The monoisotopic (exact) mass is 236 g/mol. The Morgan fingerprint density at radius 3 is 2.71 bits per heavy atom. The molecule has 0 aromatic carbocycles. The predicted octanol–water partition coefficient (Wildman–Crippen LogP) is 3.88. The van der Waals surface area contributed by atoms with Gasteiger partial charge in [0.05, 0.1) is 6.61 Å². The van der Waals surface area contributed by atoms with E-state index in [0.717, 1.165) is 18.4 Å². The minimum absolute atomic E-state index is 0.187. The first-order valence-electron chi connectivity index (χ1n) is 6.40. The molecule has 0 saturated heterocycles. The van der Waals surface area contributed by atoms with Crippen molar-refractivity contribution in [3.05, 3.63) is 23.3 Å². The summed E-state index contributed by atoms with van der Waals surface area (Å²) in [6.45, 7) is 10.9. The first kappa shape index (κ1) is 14.0. The van der Waals surface area contributed by atoms with Crippen LogP contribution < -0.4 is 0 Å². The Morgan fingerprint density at radius 2 is 2.24 bits per heavy atom. The van der Waals surface area contributed by atoms with Crippen molar-refractivity contribution in [1.82, 2.24) is 0 Å². The van der Waals surface area contributed by atoms with Gasteiger partial charge >= 0.3 is 5.97 Å². The normalized spacial score (nSPS) is 23.5. The zero-order valence-corrected chi connectivity index (χ0v) is 11.7. The molecule has 0 fully saturated rings. The number of carbonyl (C=O) groups is 1. The Bertz CT molecular complexity index is 348. The highest BCUT2D eigenvalue weighted by Crippen LogP contribution is 2.44. The van der Waals surface area contributed by atoms with Crippen LogP contribution in [0.25, 0.3) is 0 Å². The lowest BCUT2D eigenvalue weighted by molar-refractivity contribution is -0.138. The molecule has 1 aliphatic rings. The maximum Gasteiger partial charge on any atom is 0.333 e. The molecule has 17 heavy (non-hydrogen) atoms. The van der Waals surface area contributed by atoms with Gasteiger partial charge in [0.25, 0.3) is 0 Å². The highest BCUT2D eigenvalue weighted by atomic mass is 16.5. The SMILES string of the molecule is CCOC(=O)/C(C)=C\CC1CC=C(C)C1(C)C. The standard InChI is InChI=1S/C15H24O2/c1-6-17-14(16)11(2)7-9-13-10-8-12(3)15(13,4)5/h7-8,13H,6,9-10H2,1-5H3/b11-7-. The van der Waals surface area contributed by atoms with Crippen LogP contribution in [0.3, 0.4) is 0 Å². The third-order valence-electron chi connectivity index (χ3n) is 4.05. The Kier molecular flexibility index (Phi) is 4.55. The number of ether oxygens (including phenoxy) is 1. The lowest BCUT2D eigenvalue weighted by atomic mass is 9.76. The van der Waals surface area contributed by atoms with Crippen molar-refractivity contribution >= 4 is 5.97 Å². The summed E-state index contributed by atoms with van der Waals surface area (Å²) in [7, 11) is 0. The van der Waals surface area contributed by atoms with E-state index >= 15 is 0 Å². The molecule has 0 heterocycles. The topological polar surface area (TPSA) is 26.3 Å². The molecule has 0 amide bonds. The van der Waals surface area contributed by atoms with Crippen LogP contribution in [-0.4, -0.2) is 12.6 Å². The minimum Gasteiger partial charge on any atom is -0.463 e. The van der Waals surface area contributed by atoms with Crippen LogP contribution >= 0.6 is 0 Å². The summed E-state index contributed by atoms with van der Waals surface area (Å²) in [5.74, 6) is 0.417. The van der Waals surface area contributed by atoms with Crippen LogP contribution in [0.4, 0.5) is 0 Å². The van der Waals surface area contributed by atoms with E-state index in [1.165, 1.54) is 5.57 Å². The van der Waals surface area contributed by atoms with Crippen molar-refractivity contribution in [2.75, 3.05) is 6.61 Å². The van der Waals surface area contributed by atoms with Gasteiger partial charge in [0.1, 0.15) is 0 Å². The summed E-state index contributed by atoms with van der Waals surface area (Å²) in [4.78, 5) is 11.5. The van der Waals surface area contributed by atoms with Crippen LogP contribution in [0.15, 0.2) is 23.3 Å². The second kappa shape index (κ2) is 5.52. The summed E-state index contributed by atoms with van der Waals surface area (Å²) in [5.41, 5.74) is 2.45. The molecule has 1 atom stereocenters. The second-order valence-corrected chi connectivity index (χ2v) is 5.38. The van der Waals surface area contributed by atoms with E-state index < -0.39 is 0 Å². The van der Waals surface area contributed by atoms with Crippen molar-refractivity contribution in [3.63, 3.8) is 0 Å². The first-order valence-corrected chi connectivity index (χ1v) is 6.40. The fraction of sp³-hybridized carbons (Fsp3) is 0.667. The maximum atomic E-state index is 11.5. The maximum absolute atomic E-state index is 11.5. The van der Waals surface area contributed by atoms with E-state index in [1.807, 2.05) is 19.9 Å². The highest BCUT2D eigenvalue weighted by Gasteiger charge is 2.33. The number of hydrogen-bond donors (Lipinski definition) is 0. The van der Waals surface area contributed by atoms with Gasteiger partial charge in [-0.3, -0.25) is 0 Å². The van der Waals surface area contributed by atoms with Crippen molar-refractivity contribution in [1.29, 1.82) is 0 Å². The van der Waals surface area contributed by atoms with Gasteiger partial charge in [-0.2, -0.15) is 0 Å². The van der Waals surface area contributed by atoms with Crippen LogP contribution in [0.1, 0.15) is 47.5 Å². The summed E-state index contributed by atoms with van der Waals surface area (Å²) in [6, 6.07) is 0. The fourth-order valence-corrected chi connectivity index (χ4v) is 2.24. The van der Waals surface area contributed by atoms with Gasteiger partial charge in [0.2, 0.25) is 0 Å². The minimum atomic E-state index is -0.187. The Hall–Kier alpha value is -1.05. The number of carbonyl (C=O) groups excluding carboxylic acids is 1. The summed E-state index contributed by atoms with van der Waals surface area (Å²) in [5, 5.41) is 0. The Labute approximate surface area is 105 Å². The molecule has 1 rings (SSSR count). The van der Waals surface area contributed by atoms with Crippen LogP contribution in [0.2, 0.25) is 0 Å². The van der Waals surface area contributed by atoms with Gasteiger partial charge in [-0.1, -0.05) is 31.6 Å². The van der Waals surface area contributed by atoms with E-state index in [2.05, 4.69) is 26.8 Å². The summed E-state index contributed by atoms with van der Waals surface area (Å²) >= 11 is 0. The van der Waals surface area contributed by atoms with E-state index in [9.17, 15) is 4.79 Å². The molecule has 96 valence electrons. The second-order valence-electron chi connectivity index (χ2n) is 5.38. The quantitative estimate of drug-likeness (QED) is 0.420. The smallest absolute Gasteiger partial charge is 0.333 e. The van der Waals surface area contributed by atoms with E-state index in [0.29, 0.717) is 12.5 Å². The largest absolute Gasteiger partial charge is 0.463 e. The highest BCUT2D eigenvalue weighted by molar-refractivity contribution is 5.87. The van der Waals surface area contributed by atoms with E-state index in [4.69, 9.17) is 4.74 Å². The van der Waals surface area contributed by atoms with Crippen molar-refractivity contribution in [2.24, 2.45) is 11.3 Å². The van der Waals surface area contributed by atoms with Crippen LogP contribution in [-0.2, 0) is 9.53 Å². The van der Waals surface area contributed by atoms with Crippen molar-refractivity contribution < 1.29 is 9.53 Å². The predicted molar refractivity (Wildman–Crippen MR) is 70.7 cm³/mol. The molecule has 0 aromatic rings. The zero-order valence-electron chi connectivity index (χ0n) is 11.7. The van der Waals surface area contributed by atoms with Crippen molar-refractivity contribution in [3.8, 4) is 0 Å². The van der Waals surface area contributed by atoms with Gasteiger partial charge < -0.3 is 4.74 Å². The fourth-order valence-electron chi connectivity index (χ4n) is 2.24. The molecule has 0 aromatic heterocycles. The molecule has 1 aliphatic carbocycles. The average Bonchev–Trinajstić information content (AvgIpc) is 2.51. The molecule has 0 spiro atoms.